The SMILES string of the molecule is Oc1ccc(-c2cn3cc(OCC4CC4)ccc3n2)cc1. The number of phenolic OH excluding ortho intramolecular Hbond substituents is 1. The number of pyridine rings is 1. The quantitative estimate of drug-likeness (QED) is 0.795. The predicted octanol–water partition coefficient (Wildman–Crippen LogP) is 3.50. The lowest BCUT2D eigenvalue weighted by Crippen LogP contribution is -1.99. The van der Waals surface area contributed by atoms with Crippen LogP contribution in [0.25, 0.3) is 16.9 Å². The van der Waals surface area contributed by atoms with Crippen LogP contribution < -0.4 is 4.74 Å². The number of aromatic nitrogens is 2. The number of hydrogen-bond acceptors (Lipinski definition) is 3. The molecule has 0 unspecified atom stereocenters. The van der Waals surface area contributed by atoms with Crippen LogP contribution in [0.5, 0.6) is 11.5 Å². The van der Waals surface area contributed by atoms with Crippen LogP contribution in [0, 0.1) is 5.92 Å². The van der Waals surface area contributed by atoms with Crippen LogP contribution in [0.4, 0.5) is 0 Å². The maximum absolute atomic E-state index is 9.35. The van der Waals surface area contributed by atoms with E-state index in [1.165, 1.54) is 12.8 Å². The highest BCUT2D eigenvalue weighted by Crippen LogP contribution is 2.29. The highest BCUT2D eigenvalue weighted by molar-refractivity contribution is 5.63. The third kappa shape index (κ3) is 2.57. The molecule has 2 heterocycles. The fourth-order valence-corrected chi connectivity index (χ4v) is 2.33. The molecule has 2 aromatic heterocycles. The standard InChI is InChI=1S/C17H16N2O2/c20-14-5-3-13(4-6-14)16-10-19-9-15(7-8-17(19)18-16)21-11-12-1-2-12/h3-10,12,20H,1-2,11H2. The molecule has 3 aromatic rings. The molecule has 0 radical (unpaired) electrons. The molecule has 1 aromatic carbocycles. The number of rotatable bonds is 4. The van der Waals surface area contributed by atoms with E-state index in [1.807, 2.05) is 41.1 Å². The first-order chi connectivity index (χ1) is 10.3. The highest BCUT2D eigenvalue weighted by Gasteiger charge is 2.21. The molecule has 1 aliphatic rings. The molecule has 0 atom stereocenters. The fraction of sp³-hybridized carbons (Fsp3) is 0.235. The van der Waals surface area contributed by atoms with Crippen LogP contribution in [-0.4, -0.2) is 21.1 Å². The lowest BCUT2D eigenvalue weighted by Gasteiger charge is -2.04. The third-order valence-corrected chi connectivity index (χ3v) is 3.77. The Hall–Kier alpha value is -2.49. The van der Waals surface area contributed by atoms with Gasteiger partial charge in [0.05, 0.1) is 18.5 Å². The van der Waals surface area contributed by atoms with Crippen molar-refractivity contribution in [2.75, 3.05) is 6.61 Å². The molecule has 106 valence electrons. The van der Waals surface area contributed by atoms with Crippen LogP contribution in [-0.2, 0) is 0 Å². The van der Waals surface area contributed by atoms with E-state index in [4.69, 9.17) is 4.74 Å². The molecule has 1 N–H and O–H groups in total. The predicted molar refractivity (Wildman–Crippen MR) is 80.5 cm³/mol. The summed E-state index contributed by atoms with van der Waals surface area (Å²) in [7, 11) is 0. The van der Waals surface area contributed by atoms with E-state index in [-0.39, 0.29) is 5.75 Å². The minimum absolute atomic E-state index is 0.262. The van der Waals surface area contributed by atoms with E-state index in [0.717, 1.165) is 35.2 Å². The van der Waals surface area contributed by atoms with Gasteiger partial charge in [-0.05, 0) is 55.2 Å². The maximum Gasteiger partial charge on any atom is 0.137 e. The number of aromatic hydroxyl groups is 1. The Morgan fingerprint density at radius 3 is 2.67 bits per heavy atom. The zero-order chi connectivity index (χ0) is 14.2. The van der Waals surface area contributed by atoms with E-state index in [9.17, 15) is 5.11 Å². The summed E-state index contributed by atoms with van der Waals surface area (Å²) in [5.74, 6) is 1.89. The maximum atomic E-state index is 9.35. The number of ether oxygens (including phenoxy) is 1. The topological polar surface area (TPSA) is 46.8 Å². The van der Waals surface area contributed by atoms with Gasteiger partial charge in [-0.3, -0.25) is 0 Å². The van der Waals surface area contributed by atoms with Crippen molar-refractivity contribution < 1.29 is 9.84 Å². The zero-order valence-corrected chi connectivity index (χ0v) is 11.6. The first-order valence-electron chi connectivity index (χ1n) is 7.19. The fourth-order valence-electron chi connectivity index (χ4n) is 2.33. The van der Waals surface area contributed by atoms with Gasteiger partial charge in [0.25, 0.3) is 0 Å². The Bertz CT molecular complexity index is 773. The van der Waals surface area contributed by atoms with Crippen molar-refractivity contribution in [1.82, 2.24) is 9.38 Å². The number of nitrogens with zero attached hydrogens (tertiary/aromatic N) is 2. The van der Waals surface area contributed by atoms with Gasteiger partial charge in [0.2, 0.25) is 0 Å². The number of imidazole rings is 1. The van der Waals surface area contributed by atoms with E-state index >= 15 is 0 Å². The number of fused-ring (bicyclic) bond motifs is 1. The minimum Gasteiger partial charge on any atom is -0.508 e. The summed E-state index contributed by atoms with van der Waals surface area (Å²) >= 11 is 0. The average Bonchev–Trinajstić information content (AvgIpc) is 3.23. The molecule has 1 fully saturated rings. The lowest BCUT2D eigenvalue weighted by atomic mass is 10.2. The molecular formula is C17H16N2O2. The van der Waals surface area contributed by atoms with Crippen molar-refractivity contribution in [3.05, 3.63) is 48.8 Å². The number of hydrogen-bond donors (Lipinski definition) is 1. The van der Waals surface area contributed by atoms with Crippen molar-refractivity contribution in [3.63, 3.8) is 0 Å². The summed E-state index contributed by atoms with van der Waals surface area (Å²) in [5, 5.41) is 9.35. The molecule has 4 heteroatoms. The lowest BCUT2D eigenvalue weighted by molar-refractivity contribution is 0.298. The van der Waals surface area contributed by atoms with Gasteiger partial charge in [0.15, 0.2) is 0 Å². The van der Waals surface area contributed by atoms with Gasteiger partial charge in [-0.25, -0.2) is 4.98 Å². The summed E-state index contributed by atoms with van der Waals surface area (Å²) in [4.78, 5) is 4.59. The highest BCUT2D eigenvalue weighted by atomic mass is 16.5. The first kappa shape index (κ1) is 12.3. The molecule has 0 spiro atoms. The number of phenols is 1. The molecule has 21 heavy (non-hydrogen) atoms. The summed E-state index contributed by atoms with van der Waals surface area (Å²) in [6, 6.07) is 11.0. The number of benzene rings is 1. The Balaban J connectivity index is 1.63. The Labute approximate surface area is 122 Å². The van der Waals surface area contributed by atoms with Gasteiger partial charge in [-0.2, -0.15) is 0 Å². The van der Waals surface area contributed by atoms with Gasteiger partial charge in [0.1, 0.15) is 17.1 Å². The Kier molecular flexibility index (Phi) is 2.81. The summed E-state index contributed by atoms with van der Waals surface area (Å²) in [5.41, 5.74) is 2.75. The second-order valence-corrected chi connectivity index (χ2v) is 5.56. The van der Waals surface area contributed by atoms with Crippen LogP contribution in [0.1, 0.15) is 12.8 Å². The molecule has 0 bridgehead atoms. The first-order valence-corrected chi connectivity index (χ1v) is 7.19. The Morgan fingerprint density at radius 1 is 1.10 bits per heavy atom. The van der Waals surface area contributed by atoms with E-state index < -0.39 is 0 Å². The van der Waals surface area contributed by atoms with Crippen molar-refractivity contribution in [3.8, 4) is 22.8 Å². The average molecular weight is 280 g/mol. The molecule has 1 saturated carbocycles. The molecule has 4 nitrogen and oxygen atoms in total. The van der Waals surface area contributed by atoms with Gasteiger partial charge in [-0.1, -0.05) is 0 Å². The van der Waals surface area contributed by atoms with E-state index in [0.29, 0.717) is 0 Å². The van der Waals surface area contributed by atoms with E-state index in [1.54, 1.807) is 12.1 Å². The molecule has 0 aliphatic heterocycles. The zero-order valence-electron chi connectivity index (χ0n) is 11.6. The monoisotopic (exact) mass is 280 g/mol. The van der Waals surface area contributed by atoms with Gasteiger partial charge in [0, 0.05) is 11.8 Å². The molecule has 1 aliphatic carbocycles. The summed E-state index contributed by atoms with van der Waals surface area (Å²) < 4.78 is 7.76. The van der Waals surface area contributed by atoms with Crippen molar-refractivity contribution in [2.45, 2.75) is 12.8 Å². The Morgan fingerprint density at radius 2 is 1.90 bits per heavy atom. The molecular weight excluding hydrogens is 264 g/mol. The second kappa shape index (κ2) is 4.81. The van der Waals surface area contributed by atoms with Gasteiger partial charge < -0.3 is 14.2 Å². The molecule has 0 amide bonds. The second-order valence-electron chi connectivity index (χ2n) is 5.56. The van der Waals surface area contributed by atoms with Gasteiger partial charge >= 0.3 is 0 Å². The minimum atomic E-state index is 0.262. The van der Waals surface area contributed by atoms with E-state index in [2.05, 4.69) is 4.98 Å². The molecule has 4 rings (SSSR count). The van der Waals surface area contributed by atoms with Crippen LogP contribution in [0.15, 0.2) is 48.8 Å². The third-order valence-electron chi connectivity index (χ3n) is 3.77. The normalized spacial score (nSPS) is 14.5. The van der Waals surface area contributed by atoms with Crippen LogP contribution >= 0.6 is 0 Å². The van der Waals surface area contributed by atoms with Crippen molar-refractivity contribution >= 4 is 5.65 Å². The van der Waals surface area contributed by atoms with Gasteiger partial charge in [-0.15, -0.1) is 0 Å². The summed E-state index contributed by atoms with van der Waals surface area (Å²) in [6.07, 6.45) is 6.52. The van der Waals surface area contributed by atoms with Crippen LogP contribution in [0.2, 0.25) is 0 Å². The van der Waals surface area contributed by atoms with Crippen molar-refractivity contribution in [2.24, 2.45) is 5.92 Å². The largest absolute Gasteiger partial charge is 0.508 e. The smallest absolute Gasteiger partial charge is 0.137 e. The van der Waals surface area contributed by atoms with Crippen molar-refractivity contribution in [1.29, 1.82) is 0 Å². The van der Waals surface area contributed by atoms with Crippen LogP contribution in [0.3, 0.4) is 0 Å². The molecule has 0 saturated heterocycles. The summed E-state index contributed by atoms with van der Waals surface area (Å²) in [6.45, 7) is 0.811.